The summed E-state index contributed by atoms with van der Waals surface area (Å²) in [5.74, 6) is 0.818. The predicted octanol–water partition coefficient (Wildman–Crippen LogP) is 3.24. The first-order valence-electron chi connectivity index (χ1n) is 9.14. The lowest BCUT2D eigenvalue weighted by Crippen LogP contribution is -2.31. The molecule has 25 heavy (non-hydrogen) atoms. The Morgan fingerprint density at radius 1 is 1.28 bits per heavy atom. The summed E-state index contributed by atoms with van der Waals surface area (Å²) in [6.07, 6.45) is 7.72. The van der Waals surface area contributed by atoms with Crippen molar-refractivity contribution in [2.45, 2.75) is 51.7 Å². The maximum Gasteiger partial charge on any atom is 0.226 e. The van der Waals surface area contributed by atoms with E-state index in [9.17, 15) is 5.21 Å². The smallest absolute Gasteiger partial charge is 0.226 e. The molecule has 1 aromatic carbocycles. The first-order chi connectivity index (χ1) is 12.3. The molecule has 1 aliphatic carbocycles. The van der Waals surface area contributed by atoms with Crippen molar-refractivity contribution in [3.63, 3.8) is 0 Å². The van der Waals surface area contributed by atoms with Crippen LogP contribution in [0.4, 0.5) is 0 Å². The molecule has 4 rings (SSSR count). The topological polar surface area (TPSA) is 66.0 Å². The van der Waals surface area contributed by atoms with Crippen LogP contribution < -0.4 is 10.2 Å². The van der Waals surface area contributed by atoms with Gasteiger partial charge >= 0.3 is 0 Å². The fourth-order valence-electron chi connectivity index (χ4n) is 3.72. The summed E-state index contributed by atoms with van der Waals surface area (Å²) in [4.78, 5) is 4.68. The van der Waals surface area contributed by atoms with Crippen molar-refractivity contribution in [2.24, 2.45) is 0 Å². The largest absolute Gasteiger partial charge is 0.618 e. The molecule has 0 unspecified atom stereocenters. The van der Waals surface area contributed by atoms with Crippen LogP contribution in [0.2, 0.25) is 0 Å². The lowest BCUT2D eigenvalue weighted by molar-refractivity contribution is -0.575. The molecule has 2 aromatic heterocycles. The van der Waals surface area contributed by atoms with Crippen molar-refractivity contribution in [2.75, 3.05) is 12.0 Å². The van der Waals surface area contributed by atoms with Gasteiger partial charge in [-0.05, 0) is 25.8 Å². The van der Waals surface area contributed by atoms with Gasteiger partial charge in [-0.2, -0.15) is 4.73 Å². The maximum atomic E-state index is 12.3. The number of hydrogen-bond donors (Lipinski definition) is 1. The van der Waals surface area contributed by atoms with Gasteiger partial charge in [-0.1, -0.05) is 31.4 Å². The van der Waals surface area contributed by atoms with Gasteiger partial charge in [-0.3, -0.25) is 0 Å². The Hall–Kier alpha value is -2.34. The van der Waals surface area contributed by atoms with E-state index in [1.807, 2.05) is 31.2 Å². The Labute approximate surface area is 147 Å². The van der Waals surface area contributed by atoms with Crippen LogP contribution in [0.15, 0.2) is 30.5 Å². The van der Waals surface area contributed by atoms with Crippen molar-refractivity contribution >= 4 is 21.9 Å². The summed E-state index contributed by atoms with van der Waals surface area (Å²) < 4.78 is 8.57. The van der Waals surface area contributed by atoms with Crippen molar-refractivity contribution in [1.29, 1.82) is 0 Å². The highest BCUT2D eigenvalue weighted by Crippen LogP contribution is 2.25. The molecule has 0 radical (unpaired) electrons. The third kappa shape index (κ3) is 3.02. The molecule has 0 atom stereocenters. The summed E-state index contributed by atoms with van der Waals surface area (Å²) in [5.41, 5.74) is 5.97. The standard InChI is InChI=1S/C19H24N4O2/c1-2-25-13-18-20-16-12-22(24)17-11-7-6-10-15(17)19(16)23(18)21-14-8-4-3-5-9-14/h6-7,10-12,14,21H,2-5,8-9,13H2,1H3. The van der Waals surface area contributed by atoms with Gasteiger partial charge in [0.1, 0.15) is 12.1 Å². The SMILES string of the molecule is CCOCc1nc2c[n+]([O-])c3ccccc3c2n1NC1CCCCC1. The van der Waals surface area contributed by atoms with Crippen LogP contribution in [0.1, 0.15) is 44.9 Å². The van der Waals surface area contributed by atoms with Crippen molar-refractivity contribution in [1.82, 2.24) is 9.66 Å². The molecular formula is C19H24N4O2. The molecular weight excluding hydrogens is 316 g/mol. The molecule has 0 amide bonds. The number of rotatable bonds is 5. The van der Waals surface area contributed by atoms with Crippen LogP contribution in [0.3, 0.4) is 0 Å². The second-order valence-corrected chi connectivity index (χ2v) is 6.67. The number of pyridine rings is 1. The van der Waals surface area contributed by atoms with E-state index in [2.05, 4.69) is 15.1 Å². The van der Waals surface area contributed by atoms with Gasteiger partial charge < -0.3 is 15.4 Å². The summed E-state index contributed by atoms with van der Waals surface area (Å²) >= 11 is 0. The fourth-order valence-corrected chi connectivity index (χ4v) is 3.72. The number of imidazole rings is 1. The first-order valence-corrected chi connectivity index (χ1v) is 9.14. The van der Waals surface area contributed by atoms with E-state index < -0.39 is 0 Å². The van der Waals surface area contributed by atoms with Crippen LogP contribution >= 0.6 is 0 Å². The van der Waals surface area contributed by atoms with E-state index in [1.165, 1.54) is 32.1 Å². The molecule has 1 fully saturated rings. The first kappa shape index (κ1) is 16.1. The molecule has 1 saturated carbocycles. The number of fused-ring (bicyclic) bond motifs is 3. The molecule has 0 spiro atoms. The van der Waals surface area contributed by atoms with Crippen molar-refractivity contribution in [3.05, 3.63) is 41.5 Å². The molecule has 2 heterocycles. The lowest BCUT2D eigenvalue weighted by atomic mass is 9.96. The van der Waals surface area contributed by atoms with Crippen LogP contribution in [-0.4, -0.2) is 22.3 Å². The van der Waals surface area contributed by atoms with Crippen LogP contribution in [-0.2, 0) is 11.3 Å². The highest BCUT2D eigenvalue weighted by molar-refractivity contribution is 6.00. The third-order valence-electron chi connectivity index (χ3n) is 4.96. The average Bonchev–Trinajstić information content (AvgIpc) is 2.98. The minimum Gasteiger partial charge on any atom is -0.618 e. The maximum absolute atomic E-state index is 12.3. The van der Waals surface area contributed by atoms with Gasteiger partial charge in [0.15, 0.2) is 11.3 Å². The van der Waals surface area contributed by atoms with Gasteiger partial charge in [-0.15, -0.1) is 0 Å². The summed E-state index contributed by atoms with van der Waals surface area (Å²) in [5, 5.41) is 13.2. The zero-order valence-electron chi connectivity index (χ0n) is 14.6. The summed E-state index contributed by atoms with van der Waals surface area (Å²) in [7, 11) is 0. The molecule has 0 aliphatic heterocycles. The number of nitrogens with one attached hydrogen (secondary N) is 1. The summed E-state index contributed by atoms with van der Waals surface area (Å²) in [6.45, 7) is 3.04. The third-order valence-corrected chi connectivity index (χ3v) is 4.96. The monoisotopic (exact) mass is 340 g/mol. The number of nitrogens with zero attached hydrogens (tertiary/aromatic N) is 3. The van der Waals surface area contributed by atoms with Crippen LogP contribution in [0.25, 0.3) is 21.9 Å². The Morgan fingerprint density at radius 2 is 2.08 bits per heavy atom. The van der Waals surface area contributed by atoms with Crippen LogP contribution in [0, 0.1) is 5.21 Å². The average molecular weight is 340 g/mol. The number of hydrogen-bond acceptors (Lipinski definition) is 4. The van der Waals surface area contributed by atoms with E-state index >= 15 is 0 Å². The molecule has 0 saturated heterocycles. The minimum absolute atomic E-state index is 0.429. The van der Waals surface area contributed by atoms with Gasteiger partial charge in [0.05, 0.1) is 5.39 Å². The Bertz CT molecular complexity index is 884. The molecule has 1 aliphatic rings. The minimum atomic E-state index is 0.429. The van der Waals surface area contributed by atoms with Gasteiger partial charge in [-0.25, -0.2) is 9.66 Å². The molecule has 132 valence electrons. The quantitative estimate of drug-likeness (QED) is 0.572. The highest BCUT2D eigenvalue weighted by atomic mass is 16.5. The zero-order chi connectivity index (χ0) is 17.2. The van der Waals surface area contributed by atoms with E-state index in [-0.39, 0.29) is 0 Å². The molecule has 1 N–H and O–H groups in total. The Morgan fingerprint density at radius 3 is 2.88 bits per heavy atom. The van der Waals surface area contributed by atoms with Crippen LogP contribution in [0.5, 0.6) is 0 Å². The number of aromatic nitrogens is 3. The van der Waals surface area contributed by atoms with Gasteiger partial charge in [0, 0.05) is 18.7 Å². The van der Waals surface area contributed by atoms with E-state index in [4.69, 9.17) is 4.74 Å². The fraction of sp³-hybridized carbons (Fsp3) is 0.474. The lowest BCUT2D eigenvalue weighted by Gasteiger charge is -2.25. The van der Waals surface area contributed by atoms with E-state index in [0.29, 0.717) is 30.3 Å². The number of para-hydroxylation sites is 1. The second kappa shape index (κ2) is 6.88. The van der Waals surface area contributed by atoms with Gasteiger partial charge in [0.2, 0.25) is 11.7 Å². The Balaban J connectivity index is 1.87. The van der Waals surface area contributed by atoms with Crippen molar-refractivity contribution in [3.8, 4) is 0 Å². The normalized spacial score (nSPS) is 15.9. The Kier molecular flexibility index (Phi) is 4.44. The zero-order valence-corrected chi connectivity index (χ0v) is 14.6. The molecule has 6 nitrogen and oxygen atoms in total. The molecule has 3 aromatic rings. The van der Waals surface area contributed by atoms with Crippen molar-refractivity contribution < 1.29 is 9.47 Å². The second-order valence-electron chi connectivity index (χ2n) is 6.67. The van der Waals surface area contributed by atoms with E-state index in [1.54, 1.807) is 6.20 Å². The number of ether oxygens (including phenoxy) is 1. The molecule has 0 bridgehead atoms. The van der Waals surface area contributed by atoms with E-state index in [0.717, 1.165) is 21.5 Å². The van der Waals surface area contributed by atoms with Gasteiger partial charge in [0.25, 0.3) is 0 Å². The number of benzene rings is 1. The highest BCUT2D eigenvalue weighted by Gasteiger charge is 2.21. The molecule has 6 heteroatoms. The summed E-state index contributed by atoms with van der Waals surface area (Å²) in [6, 6.07) is 8.12. The predicted molar refractivity (Wildman–Crippen MR) is 97.8 cm³/mol.